The first-order valence-corrected chi connectivity index (χ1v) is 7.16. The first-order valence-electron chi connectivity index (χ1n) is 7.16. The van der Waals surface area contributed by atoms with Gasteiger partial charge < -0.3 is 19.9 Å². The maximum Gasteiger partial charge on any atom is 0.161 e. The van der Waals surface area contributed by atoms with E-state index in [-0.39, 0.29) is 12.6 Å². The van der Waals surface area contributed by atoms with E-state index in [4.69, 9.17) is 14.6 Å². The number of methoxy groups -OCH3 is 2. The van der Waals surface area contributed by atoms with Gasteiger partial charge >= 0.3 is 0 Å². The van der Waals surface area contributed by atoms with E-state index < -0.39 is 0 Å². The Kier molecular flexibility index (Phi) is 6.82. The van der Waals surface area contributed by atoms with Gasteiger partial charge in [-0.05, 0) is 49.9 Å². The van der Waals surface area contributed by atoms with Crippen LogP contribution < -0.4 is 14.8 Å². The van der Waals surface area contributed by atoms with Crippen LogP contribution in [0.1, 0.15) is 43.9 Å². The van der Waals surface area contributed by atoms with E-state index in [1.54, 1.807) is 14.2 Å². The highest BCUT2D eigenvalue weighted by Gasteiger charge is 2.16. The number of hydrogen-bond donors (Lipinski definition) is 2. The summed E-state index contributed by atoms with van der Waals surface area (Å²) in [5.74, 6) is 1.50. The minimum Gasteiger partial charge on any atom is -0.493 e. The lowest BCUT2D eigenvalue weighted by Gasteiger charge is -2.24. The molecule has 0 fully saturated rings. The summed E-state index contributed by atoms with van der Waals surface area (Å²) in [6, 6.07) is 4.55. The third-order valence-corrected chi connectivity index (χ3v) is 3.69. The van der Waals surface area contributed by atoms with Crippen molar-refractivity contribution in [2.24, 2.45) is 0 Å². The second-order valence-electron chi connectivity index (χ2n) is 5.07. The molecular formula is C16H27NO3. The van der Waals surface area contributed by atoms with Crippen LogP contribution in [0.3, 0.4) is 0 Å². The highest BCUT2D eigenvalue weighted by molar-refractivity contribution is 5.48. The Morgan fingerprint density at radius 3 is 2.30 bits per heavy atom. The van der Waals surface area contributed by atoms with E-state index >= 15 is 0 Å². The lowest BCUT2D eigenvalue weighted by Crippen LogP contribution is -2.32. The molecule has 1 aromatic rings. The maximum atomic E-state index is 9.08. The Labute approximate surface area is 122 Å². The summed E-state index contributed by atoms with van der Waals surface area (Å²) in [6.45, 7) is 6.54. The van der Waals surface area contributed by atoms with E-state index in [1.807, 2.05) is 12.1 Å². The van der Waals surface area contributed by atoms with Crippen LogP contribution in [-0.2, 0) is 0 Å². The monoisotopic (exact) mass is 281 g/mol. The normalized spacial score (nSPS) is 13.9. The quantitative estimate of drug-likeness (QED) is 0.769. The highest BCUT2D eigenvalue weighted by Crippen LogP contribution is 2.33. The van der Waals surface area contributed by atoms with Crippen LogP contribution in [0.25, 0.3) is 0 Å². The molecule has 0 aromatic heterocycles. The van der Waals surface area contributed by atoms with E-state index in [0.717, 1.165) is 24.3 Å². The van der Waals surface area contributed by atoms with Crippen molar-refractivity contribution in [1.29, 1.82) is 0 Å². The van der Waals surface area contributed by atoms with Crippen molar-refractivity contribution in [1.82, 2.24) is 5.32 Å². The summed E-state index contributed by atoms with van der Waals surface area (Å²) >= 11 is 0. The number of ether oxygens (including phenoxy) is 2. The van der Waals surface area contributed by atoms with Gasteiger partial charge in [-0.25, -0.2) is 0 Å². The molecule has 0 saturated heterocycles. The number of aliphatic hydroxyl groups excluding tert-OH is 1. The van der Waals surface area contributed by atoms with Crippen LogP contribution in [0.5, 0.6) is 11.5 Å². The first-order chi connectivity index (χ1) is 9.57. The fourth-order valence-corrected chi connectivity index (χ4v) is 2.47. The van der Waals surface area contributed by atoms with E-state index in [9.17, 15) is 0 Å². The van der Waals surface area contributed by atoms with Gasteiger partial charge in [-0.15, -0.1) is 0 Å². The Balaban J connectivity index is 2.94. The van der Waals surface area contributed by atoms with Gasteiger partial charge in [0.05, 0.1) is 14.2 Å². The van der Waals surface area contributed by atoms with Crippen LogP contribution in [0.15, 0.2) is 12.1 Å². The molecule has 1 aromatic carbocycles. The molecule has 4 heteroatoms. The summed E-state index contributed by atoms with van der Waals surface area (Å²) in [7, 11) is 3.29. The molecule has 2 atom stereocenters. The molecule has 0 saturated carbocycles. The third-order valence-electron chi connectivity index (χ3n) is 3.69. The number of hydrogen-bond acceptors (Lipinski definition) is 4. The molecule has 4 nitrogen and oxygen atoms in total. The predicted molar refractivity (Wildman–Crippen MR) is 81.6 cm³/mol. The van der Waals surface area contributed by atoms with Gasteiger partial charge in [0.25, 0.3) is 0 Å². The average Bonchev–Trinajstić information content (AvgIpc) is 2.46. The Morgan fingerprint density at radius 1 is 1.20 bits per heavy atom. The average molecular weight is 281 g/mol. The summed E-state index contributed by atoms with van der Waals surface area (Å²) in [5, 5.41) is 12.6. The van der Waals surface area contributed by atoms with Crippen molar-refractivity contribution in [2.45, 2.75) is 45.7 Å². The molecule has 0 radical (unpaired) electrons. The molecule has 0 aliphatic heterocycles. The zero-order valence-electron chi connectivity index (χ0n) is 13.2. The molecule has 1 rings (SSSR count). The molecule has 0 heterocycles. The zero-order chi connectivity index (χ0) is 15.1. The Morgan fingerprint density at radius 2 is 1.80 bits per heavy atom. The van der Waals surface area contributed by atoms with Crippen molar-refractivity contribution in [3.63, 3.8) is 0 Å². The van der Waals surface area contributed by atoms with Gasteiger partial charge in [-0.1, -0.05) is 6.92 Å². The number of aryl methyl sites for hydroxylation is 1. The Bertz CT molecular complexity index is 420. The second-order valence-corrected chi connectivity index (χ2v) is 5.07. The molecule has 0 aliphatic carbocycles. The topological polar surface area (TPSA) is 50.7 Å². The molecule has 0 bridgehead atoms. The van der Waals surface area contributed by atoms with Crippen molar-refractivity contribution < 1.29 is 14.6 Å². The van der Waals surface area contributed by atoms with Crippen molar-refractivity contribution >= 4 is 0 Å². The third kappa shape index (κ3) is 4.12. The minimum atomic E-state index is 0.200. The first kappa shape index (κ1) is 16.8. The lowest BCUT2D eigenvalue weighted by atomic mass is 9.99. The van der Waals surface area contributed by atoms with Gasteiger partial charge in [0.1, 0.15) is 0 Å². The summed E-state index contributed by atoms with van der Waals surface area (Å²) in [5.41, 5.74) is 2.36. The minimum absolute atomic E-state index is 0.200. The van der Waals surface area contributed by atoms with Gasteiger partial charge in [0.15, 0.2) is 11.5 Å². The van der Waals surface area contributed by atoms with Gasteiger partial charge in [0, 0.05) is 18.7 Å². The van der Waals surface area contributed by atoms with Crippen LogP contribution in [0, 0.1) is 6.92 Å². The van der Waals surface area contributed by atoms with Crippen LogP contribution in [-0.4, -0.2) is 32.0 Å². The smallest absolute Gasteiger partial charge is 0.161 e. The van der Waals surface area contributed by atoms with Gasteiger partial charge in [-0.2, -0.15) is 0 Å². The number of nitrogens with one attached hydrogen (secondary N) is 1. The zero-order valence-corrected chi connectivity index (χ0v) is 13.2. The predicted octanol–water partition coefficient (Wildman–Crippen LogP) is 2.82. The van der Waals surface area contributed by atoms with Gasteiger partial charge in [0.2, 0.25) is 0 Å². The molecule has 0 aliphatic rings. The molecule has 20 heavy (non-hydrogen) atoms. The van der Waals surface area contributed by atoms with Crippen LogP contribution in [0.4, 0.5) is 0 Å². The molecule has 2 unspecified atom stereocenters. The Hall–Kier alpha value is -1.26. The lowest BCUT2D eigenvalue weighted by molar-refractivity contribution is 0.257. The standard InChI is InChI=1S/C16H27NO3/c1-6-13(7-8-18)17-12(3)14-10-16(20-5)15(19-4)9-11(14)2/h9-10,12-13,17-18H,6-8H2,1-5H3. The van der Waals surface area contributed by atoms with Crippen molar-refractivity contribution in [3.8, 4) is 11.5 Å². The fourth-order valence-electron chi connectivity index (χ4n) is 2.47. The summed E-state index contributed by atoms with van der Waals surface area (Å²) in [6.07, 6.45) is 1.77. The molecular weight excluding hydrogens is 254 g/mol. The number of benzene rings is 1. The number of aliphatic hydroxyl groups is 1. The summed E-state index contributed by atoms with van der Waals surface area (Å²) in [4.78, 5) is 0. The summed E-state index contributed by atoms with van der Waals surface area (Å²) < 4.78 is 10.7. The molecule has 0 amide bonds. The van der Waals surface area contributed by atoms with Crippen molar-refractivity contribution in [3.05, 3.63) is 23.3 Å². The highest BCUT2D eigenvalue weighted by atomic mass is 16.5. The maximum absolute atomic E-state index is 9.08. The van der Waals surface area contributed by atoms with Gasteiger partial charge in [-0.3, -0.25) is 0 Å². The number of rotatable bonds is 8. The second kappa shape index (κ2) is 8.12. The largest absolute Gasteiger partial charge is 0.493 e. The van der Waals surface area contributed by atoms with Crippen molar-refractivity contribution in [2.75, 3.05) is 20.8 Å². The van der Waals surface area contributed by atoms with E-state index in [0.29, 0.717) is 6.04 Å². The molecule has 2 N–H and O–H groups in total. The van der Waals surface area contributed by atoms with Crippen LogP contribution >= 0.6 is 0 Å². The molecule has 0 spiro atoms. The van der Waals surface area contributed by atoms with Crippen LogP contribution in [0.2, 0.25) is 0 Å². The molecule has 114 valence electrons. The fraction of sp³-hybridized carbons (Fsp3) is 0.625. The van der Waals surface area contributed by atoms with E-state index in [2.05, 4.69) is 26.1 Å². The van der Waals surface area contributed by atoms with E-state index in [1.165, 1.54) is 11.1 Å². The SMILES string of the molecule is CCC(CCO)NC(C)c1cc(OC)c(OC)cc1C.